The first-order valence-electron chi connectivity index (χ1n) is 10.2. The molecular weight excluding hydrogens is 454 g/mol. The molecule has 4 rings (SSSR count). The van der Waals surface area contributed by atoms with Crippen molar-refractivity contribution in [2.24, 2.45) is 5.10 Å². The maximum absolute atomic E-state index is 12.6. The number of hydrogen-bond donors (Lipinski definition) is 2. The normalized spacial score (nSPS) is 10.7. The van der Waals surface area contributed by atoms with Crippen LogP contribution in [0, 0.1) is 0 Å². The molecule has 34 heavy (non-hydrogen) atoms. The van der Waals surface area contributed by atoms with Gasteiger partial charge in [-0.3, -0.25) is 9.59 Å². The predicted octanol–water partition coefficient (Wildman–Crippen LogP) is 4.80. The quantitative estimate of drug-likeness (QED) is 0.144. The summed E-state index contributed by atoms with van der Waals surface area (Å²) < 4.78 is 5.60. The van der Waals surface area contributed by atoms with Crippen LogP contribution in [-0.2, 0) is 9.59 Å². The van der Waals surface area contributed by atoms with Gasteiger partial charge in [-0.05, 0) is 53.2 Å². The van der Waals surface area contributed by atoms with Gasteiger partial charge in [0.2, 0.25) is 0 Å². The molecule has 8 heteroatoms. The van der Waals surface area contributed by atoms with E-state index < -0.39 is 17.8 Å². The van der Waals surface area contributed by atoms with Crippen molar-refractivity contribution in [3.05, 3.63) is 107 Å². The minimum absolute atomic E-state index is 0.260. The number of fused-ring (bicyclic) bond motifs is 1. The number of esters is 1. The van der Waals surface area contributed by atoms with Crippen LogP contribution in [-0.4, -0.2) is 24.0 Å². The summed E-state index contributed by atoms with van der Waals surface area (Å²) in [4.78, 5) is 36.9. The lowest BCUT2D eigenvalue weighted by Crippen LogP contribution is -2.32. The number of amides is 2. The highest BCUT2D eigenvalue weighted by molar-refractivity contribution is 6.39. The molecule has 0 aliphatic heterocycles. The average molecular weight is 472 g/mol. The van der Waals surface area contributed by atoms with Gasteiger partial charge in [-0.1, -0.05) is 60.1 Å². The van der Waals surface area contributed by atoms with E-state index in [2.05, 4.69) is 15.8 Å². The van der Waals surface area contributed by atoms with Crippen molar-refractivity contribution in [1.29, 1.82) is 0 Å². The van der Waals surface area contributed by atoms with Crippen LogP contribution in [0.3, 0.4) is 0 Å². The molecule has 4 aromatic carbocycles. The molecule has 4 aromatic rings. The average Bonchev–Trinajstić information content (AvgIpc) is 2.86. The van der Waals surface area contributed by atoms with E-state index in [1.165, 1.54) is 6.21 Å². The summed E-state index contributed by atoms with van der Waals surface area (Å²) in [5.41, 5.74) is 3.47. The van der Waals surface area contributed by atoms with Crippen LogP contribution < -0.4 is 15.5 Å². The Hall–Kier alpha value is -4.49. The lowest BCUT2D eigenvalue weighted by molar-refractivity contribution is -0.136. The molecule has 168 valence electrons. The lowest BCUT2D eigenvalue weighted by atomic mass is 10.0. The summed E-state index contributed by atoms with van der Waals surface area (Å²) in [6, 6.07) is 25.8. The van der Waals surface area contributed by atoms with E-state index in [-0.39, 0.29) is 5.75 Å². The van der Waals surface area contributed by atoms with Crippen LogP contribution in [0.1, 0.15) is 15.9 Å². The Morgan fingerprint density at radius 1 is 0.794 bits per heavy atom. The van der Waals surface area contributed by atoms with Crippen LogP contribution in [0.15, 0.2) is 96.1 Å². The maximum atomic E-state index is 12.6. The zero-order chi connectivity index (χ0) is 23.9. The number of halogens is 1. The number of anilines is 1. The standard InChI is InChI=1S/C26H18ClN3O4/c27-19-11-13-20(14-12-19)29-24(31)25(32)30-28-16-22-21-9-5-4-6-17(21)10-15-23(22)34-26(33)18-7-2-1-3-8-18/h1-16H,(H,29,31)(H,30,32). The highest BCUT2D eigenvalue weighted by Gasteiger charge is 2.15. The van der Waals surface area contributed by atoms with Gasteiger partial charge >= 0.3 is 17.8 Å². The van der Waals surface area contributed by atoms with Gasteiger partial charge in [0.05, 0.1) is 11.8 Å². The van der Waals surface area contributed by atoms with Crippen LogP contribution in [0.4, 0.5) is 5.69 Å². The zero-order valence-electron chi connectivity index (χ0n) is 17.7. The molecule has 7 nitrogen and oxygen atoms in total. The number of hydrogen-bond acceptors (Lipinski definition) is 5. The fourth-order valence-corrected chi connectivity index (χ4v) is 3.28. The molecule has 0 fully saturated rings. The van der Waals surface area contributed by atoms with Crippen molar-refractivity contribution in [3.63, 3.8) is 0 Å². The van der Waals surface area contributed by atoms with Crippen LogP contribution in [0.5, 0.6) is 5.75 Å². The van der Waals surface area contributed by atoms with Gasteiger partial charge in [-0.25, -0.2) is 10.2 Å². The van der Waals surface area contributed by atoms with Gasteiger partial charge in [0.15, 0.2) is 0 Å². The molecule has 0 saturated carbocycles. The second kappa shape index (κ2) is 10.4. The Kier molecular flexibility index (Phi) is 6.95. The highest BCUT2D eigenvalue weighted by Crippen LogP contribution is 2.27. The summed E-state index contributed by atoms with van der Waals surface area (Å²) in [6.45, 7) is 0. The Morgan fingerprint density at radius 3 is 2.26 bits per heavy atom. The van der Waals surface area contributed by atoms with E-state index in [9.17, 15) is 14.4 Å². The molecule has 0 aliphatic rings. The molecule has 2 amide bonds. The number of benzene rings is 4. The number of carbonyl (C=O) groups is 3. The van der Waals surface area contributed by atoms with Crippen LogP contribution in [0.2, 0.25) is 5.02 Å². The predicted molar refractivity (Wildman–Crippen MR) is 131 cm³/mol. The zero-order valence-corrected chi connectivity index (χ0v) is 18.5. The van der Waals surface area contributed by atoms with Crippen molar-refractivity contribution in [1.82, 2.24) is 5.43 Å². The van der Waals surface area contributed by atoms with E-state index in [1.807, 2.05) is 30.3 Å². The van der Waals surface area contributed by atoms with Crippen molar-refractivity contribution in [2.45, 2.75) is 0 Å². The van der Waals surface area contributed by atoms with Crippen molar-refractivity contribution in [2.75, 3.05) is 5.32 Å². The minimum atomic E-state index is -0.964. The topological polar surface area (TPSA) is 96.9 Å². The number of carbonyl (C=O) groups excluding carboxylic acids is 3. The molecular formula is C26H18ClN3O4. The molecule has 0 unspecified atom stereocenters. The second-order valence-corrected chi connectivity index (χ2v) is 7.55. The summed E-state index contributed by atoms with van der Waals surface area (Å²) >= 11 is 5.82. The first-order chi connectivity index (χ1) is 16.5. The fraction of sp³-hybridized carbons (Fsp3) is 0. The van der Waals surface area contributed by atoms with Crippen molar-refractivity contribution >= 4 is 52.1 Å². The Balaban J connectivity index is 1.53. The molecule has 2 N–H and O–H groups in total. The second-order valence-electron chi connectivity index (χ2n) is 7.11. The molecule has 0 aliphatic carbocycles. The molecule has 0 heterocycles. The number of hydrazone groups is 1. The van der Waals surface area contributed by atoms with Crippen molar-refractivity contribution < 1.29 is 19.1 Å². The number of nitrogens with zero attached hydrogens (tertiary/aromatic N) is 1. The summed E-state index contributed by atoms with van der Waals surface area (Å²) in [7, 11) is 0. The summed E-state index contributed by atoms with van der Waals surface area (Å²) in [5, 5.41) is 8.51. The molecule has 0 bridgehead atoms. The van der Waals surface area contributed by atoms with Gasteiger partial charge in [-0.15, -0.1) is 0 Å². The van der Waals surface area contributed by atoms with Gasteiger partial charge in [0.25, 0.3) is 0 Å². The van der Waals surface area contributed by atoms with E-state index in [0.29, 0.717) is 21.8 Å². The molecule has 0 spiro atoms. The van der Waals surface area contributed by atoms with Gasteiger partial charge in [0, 0.05) is 16.3 Å². The van der Waals surface area contributed by atoms with Gasteiger partial charge in [0.1, 0.15) is 5.75 Å². The minimum Gasteiger partial charge on any atom is -0.422 e. The van der Waals surface area contributed by atoms with E-state index >= 15 is 0 Å². The Bertz CT molecular complexity index is 1390. The Morgan fingerprint density at radius 2 is 1.50 bits per heavy atom. The fourth-order valence-electron chi connectivity index (χ4n) is 3.16. The largest absolute Gasteiger partial charge is 0.422 e. The van der Waals surface area contributed by atoms with Crippen LogP contribution in [0.25, 0.3) is 10.8 Å². The smallest absolute Gasteiger partial charge is 0.343 e. The van der Waals surface area contributed by atoms with E-state index in [4.69, 9.17) is 16.3 Å². The van der Waals surface area contributed by atoms with E-state index in [1.54, 1.807) is 60.7 Å². The molecule has 0 atom stereocenters. The van der Waals surface area contributed by atoms with Gasteiger partial charge in [-0.2, -0.15) is 5.10 Å². The van der Waals surface area contributed by atoms with Crippen LogP contribution >= 0.6 is 11.6 Å². The third kappa shape index (κ3) is 5.46. The highest BCUT2D eigenvalue weighted by atomic mass is 35.5. The van der Waals surface area contributed by atoms with Crippen molar-refractivity contribution in [3.8, 4) is 5.75 Å². The number of rotatable bonds is 5. The Labute approximate surface area is 200 Å². The van der Waals surface area contributed by atoms with E-state index in [0.717, 1.165) is 10.8 Å². The number of nitrogens with one attached hydrogen (secondary N) is 2. The SMILES string of the molecule is O=C(NN=Cc1c(OC(=O)c2ccccc2)ccc2ccccc12)C(=O)Nc1ccc(Cl)cc1. The lowest BCUT2D eigenvalue weighted by Gasteiger charge is -2.10. The molecule has 0 aromatic heterocycles. The third-order valence-electron chi connectivity index (χ3n) is 4.81. The first kappa shape index (κ1) is 22.7. The number of ether oxygens (including phenoxy) is 1. The summed E-state index contributed by atoms with van der Waals surface area (Å²) in [6.07, 6.45) is 1.34. The monoisotopic (exact) mass is 471 g/mol. The van der Waals surface area contributed by atoms with Gasteiger partial charge < -0.3 is 10.1 Å². The molecule has 0 saturated heterocycles. The third-order valence-corrected chi connectivity index (χ3v) is 5.06. The summed E-state index contributed by atoms with van der Waals surface area (Å²) in [5.74, 6) is -2.13. The first-order valence-corrected chi connectivity index (χ1v) is 10.6. The molecule has 0 radical (unpaired) electrons. The maximum Gasteiger partial charge on any atom is 0.343 e.